The topological polar surface area (TPSA) is 104 Å². The molecule has 1 atom stereocenters. The van der Waals surface area contributed by atoms with Gasteiger partial charge in [0.2, 0.25) is 5.78 Å². The number of Topliss-reactive ketones (excluding diaryl/α,β-unsaturated/α-hetero) is 1. The number of ketones is 1. The zero-order valence-corrected chi connectivity index (χ0v) is 17.1. The van der Waals surface area contributed by atoms with Crippen LogP contribution in [0.4, 0.5) is 10.1 Å². The van der Waals surface area contributed by atoms with Crippen LogP contribution in [0.25, 0.3) is 0 Å². The summed E-state index contributed by atoms with van der Waals surface area (Å²) in [6.07, 6.45) is 3.41. The van der Waals surface area contributed by atoms with Gasteiger partial charge in [0.05, 0.1) is 11.1 Å². The van der Waals surface area contributed by atoms with E-state index in [1.165, 1.54) is 12.1 Å². The van der Waals surface area contributed by atoms with Crippen LogP contribution < -0.4 is 10.6 Å². The van der Waals surface area contributed by atoms with Gasteiger partial charge >= 0.3 is 0 Å². The van der Waals surface area contributed by atoms with Crippen LogP contribution in [0.2, 0.25) is 0 Å². The molecule has 8 heteroatoms. The van der Waals surface area contributed by atoms with Gasteiger partial charge in [0.1, 0.15) is 17.9 Å². The van der Waals surface area contributed by atoms with Crippen LogP contribution in [0.3, 0.4) is 0 Å². The van der Waals surface area contributed by atoms with Crippen LogP contribution in [0.1, 0.15) is 61.3 Å². The minimum atomic E-state index is -0.661. The van der Waals surface area contributed by atoms with E-state index in [1.807, 2.05) is 0 Å². The first-order valence-electron chi connectivity index (χ1n) is 9.68. The second-order valence-corrected chi connectivity index (χ2v) is 8.32. The third-order valence-corrected chi connectivity index (χ3v) is 4.86. The smallest absolute Gasteiger partial charge is 0.290 e. The first-order valence-corrected chi connectivity index (χ1v) is 9.68. The highest BCUT2D eigenvalue weighted by Crippen LogP contribution is 2.29. The lowest BCUT2D eigenvalue weighted by molar-refractivity contribution is -0.141. The summed E-state index contributed by atoms with van der Waals surface area (Å²) < 4.78 is 15.2. The number of anilines is 1. The first-order chi connectivity index (χ1) is 14.1. The summed E-state index contributed by atoms with van der Waals surface area (Å²) in [4.78, 5) is 37.8. The van der Waals surface area contributed by atoms with Crippen molar-refractivity contribution < 1.29 is 18.8 Å². The van der Waals surface area contributed by atoms with Crippen LogP contribution in [0.15, 0.2) is 30.5 Å². The monoisotopic (exact) mass is 410 g/mol. The quantitative estimate of drug-likeness (QED) is 0.756. The normalized spacial score (nSPS) is 15.6. The minimum Gasteiger partial charge on any atom is -0.345 e. The Kier molecular flexibility index (Phi) is 5.74. The molecule has 2 heterocycles. The average molecular weight is 410 g/mol. The van der Waals surface area contributed by atoms with Crippen molar-refractivity contribution in [3.8, 4) is 6.07 Å². The predicted octanol–water partition coefficient (Wildman–Crippen LogP) is 3.11. The maximum absolute atomic E-state index is 13.5. The van der Waals surface area contributed by atoms with Gasteiger partial charge in [-0.05, 0) is 64.3 Å². The highest BCUT2D eigenvalue weighted by atomic mass is 19.1. The molecule has 1 aliphatic rings. The number of carbonyl (C=O) groups is 3. The molecule has 1 unspecified atom stereocenters. The number of nitriles is 1. The van der Waals surface area contributed by atoms with Gasteiger partial charge in [-0.3, -0.25) is 14.4 Å². The summed E-state index contributed by atoms with van der Waals surface area (Å²) in [5.74, 6) is -2.26. The molecule has 1 aromatic carbocycles. The highest BCUT2D eigenvalue weighted by Gasteiger charge is 2.33. The van der Waals surface area contributed by atoms with Gasteiger partial charge in [0, 0.05) is 23.1 Å². The Balaban J connectivity index is 1.82. The molecule has 2 N–H and O–H groups in total. The number of rotatable bonds is 4. The molecule has 0 radical (unpaired) electrons. The standard InChI is InChI=1S/C22H23FN4O3/c1-22(2,3)26-21(30)19(28)18-6-4-5-17-15(9-10-27(17)18)20(29)25-14-7-8-16(23)13(11-14)12-24/h7-11,18H,4-6H2,1-3H3,(H,25,29)(H,26,30). The molecular weight excluding hydrogens is 387 g/mol. The van der Waals surface area contributed by atoms with Gasteiger partial charge < -0.3 is 15.2 Å². The Labute approximate surface area is 173 Å². The molecule has 3 rings (SSSR count). The number of amides is 2. The Bertz CT molecular complexity index is 1060. The fourth-order valence-electron chi connectivity index (χ4n) is 3.54. The van der Waals surface area contributed by atoms with Crippen LogP contribution in [-0.4, -0.2) is 27.7 Å². The molecule has 156 valence electrons. The number of hydrogen-bond acceptors (Lipinski definition) is 4. The SMILES string of the molecule is CC(C)(C)NC(=O)C(=O)C1CCCc2c(C(=O)Nc3ccc(F)c(C#N)c3)ccn21. The van der Waals surface area contributed by atoms with Crippen molar-refractivity contribution in [3.63, 3.8) is 0 Å². The lowest BCUT2D eigenvalue weighted by Gasteiger charge is -2.27. The number of benzene rings is 1. The molecule has 2 aromatic rings. The second-order valence-electron chi connectivity index (χ2n) is 8.32. The van der Waals surface area contributed by atoms with Gasteiger partial charge in [-0.25, -0.2) is 4.39 Å². The van der Waals surface area contributed by atoms with E-state index in [1.54, 1.807) is 43.7 Å². The predicted molar refractivity (Wildman–Crippen MR) is 108 cm³/mol. The number of hydrogen-bond donors (Lipinski definition) is 2. The van der Waals surface area contributed by atoms with E-state index in [2.05, 4.69) is 10.6 Å². The molecule has 0 aliphatic carbocycles. The summed E-state index contributed by atoms with van der Waals surface area (Å²) in [5.41, 5.74) is 0.659. The summed E-state index contributed by atoms with van der Waals surface area (Å²) in [6.45, 7) is 5.40. The van der Waals surface area contributed by atoms with E-state index in [0.717, 1.165) is 6.07 Å². The summed E-state index contributed by atoms with van der Waals surface area (Å²) in [5, 5.41) is 14.3. The van der Waals surface area contributed by atoms with Crippen LogP contribution in [-0.2, 0) is 16.0 Å². The van der Waals surface area contributed by atoms with Gasteiger partial charge in [-0.1, -0.05) is 0 Å². The molecule has 0 saturated carbocycles. The van der Waals surface area contributed by atoms with Crippen molar-refractivity contribution in [2.45, 2.75) is 51.6 Å². The zero-order valence-electron chi connectivity index (χ0n) is 17.1. The van der Waals surface area contributed by atoms with Crippen molar-refractivity contribution in [3.05, 3.63) is 53.1 Å². The second kappa shape index (κ2) is 8.11. The van der Waals surface area contributed by atoms with Gasteiger partial charge in [0.25, 0.3) is 11.8 Å². The van der Waals surface area contributed by atoms with Crippen molar-refractivity contribution in [2.24, 2.45) is 0 Å². The van der Waals surface area contributed by atoms with Crippen molar-refractivity contribution in [1.82, 2.24) is 9.88 Å². The molecule has 1 aliphatic heterocycles. The number of halogens is 1. The molecule has 30 heavy (non-hydrogen) atoms. The van der Waals surface area contributed by atoms with Crippen molar-refractivity contribution in [2.75, 3.05) is 5.32 Å². The molecule has 0 saturated heterocycles. The number of fused-ring (bicyclic) bond motifs is 1. The summed E-state index contributed by atoms with van der Waals surface area (Å²) in [6, 6.07) is 6.43. The minimum absolute atomic E-state index is 0.165. The molecule has 2 amide bonds. The lowest BCUT2D eigenvalue weighted by Crippen LogP contribution is -2.46. The summed E-state index contributed by atoms with van der Waals surface area (Å²) in [7, 11) is 0. The van der Waals surface area contributed by atoms with Crippen LogP contribution >= 0.6 is 0 Å². The zero-order chi connectivity index (χ0) is 22.1. The fourth-order valence-corrected chi connectivity index (χ4v) is 3.54. The molecular formula is C22H23FN4O3. The molecule has 0 fully saturated rings. The maximum atomic E-state index is 13.5. The maximum Gasteiger partial charge on any atom is 0.290 e. The van der Waals surface area contributed by atoms with Gasteiger partial charge in [0.15, 0.2) is 0 Å². The van der Waals surface area contributed by atoms with Crippen LogP contribution in [0, 0.1) is 17.1 Å². The van der Waals surface area contributed by atoms with Gasteiger partial charge in [-0.15, -0.1) is 0 Å². The fraction of sp³-hybridized carbons (Fsp3) is 0.364. The Morgan fingerprint density at radius 3 is 2.63 bits per heavy atom. The Morgan fingerprint density at radius 2 is 1.97 bits per heavy atom. The third-order valence-electron chi connectivity index (χ3n) is 4.86. The first kappa shape index (κ1) is 21.2. The Morgan fingerprint density at radius 1 is 1.23 bits per heavy atom. The van der Waals surface area contributed by atoms with E-state index < -0.39 is 35.0 Å². The van der Waals surface area contributed by atoms with Crippen molar-refractivity contribution in [1.29, 1.82) is 5.26 Å². The van der Waals surface area contributed by atoms with E-state index >= 15 is 0 Å². The molecule has 0 bridgehead atoms. The third kappa shape index (κ3) is 4.40. The van der Waals surface area contributed by atoms with Gasteiger partial charge in [-0.2, -0.15) is 5.26 Å². The Hall–Kier alpha value is -3.47. The largest absolute Gasteiger partial charge is 0.345 e. The molecule has 0 spiro atoms. The van der Waals surface area contributed by atoms with E-state index in [0.29, 0.717) is 36.2 Å². The molecule has 7 nitrogen and oxygen atoms in total. The van der Waals surface area contributed by atoms with E-state index in [-0.39, 0.29) is 5.56 Å². The van der Waals surface area contributed by atoms with E-state index in [9.17, 15) is 18.8 Å². The number of nitrogens with zero attached hydrogens (tertiary/aromatic N) is 2. The average Bonchev–Trinajstić information content (AvgIpc) is 3.11. The highest BCUT2D eigenvalue weighted by molar-refractivity contribution is 6.37. The van der Waals surface area contributed by atoms with E-state index in [4.69, 9.17) is 5.26 Å². The van der Waals surface area contributed by atoms with Crippen molar-refractivity contribution >= 4 is 23.3 Å². The molecule has 1 aromatic heterocycles. The van der Waals surface area contributed by atoms with Crippen LogP contribution in [0.5, 0.6) is 0 Å². The summed E-state index contributed by atoms with van der Waals surface area (Å²) >= 11 is 0. The lowest BCUT2D eigenvalue weighted by atomic mass is 9.96. The number of carbonyl (C=O) groups excluding carboxylic acids is 3. The number of aromatic nitrogens is 1. The number of nitrogens with one attached hydrogen (secondary N) is 2.